The van der Waals surface area contributed by atoms with Crippen molar-refractivity contribution in [3.8, 4) is 0 Å². The van der Waals surface area contributed by atoms with Crippen molar-refractivity contribution in [2.75, 3.05) is 28.6 Å². The number of benzene rings is 2. The largest absolute Gasteiger partial charge is 0.350 e. The summed E-state index contributed by atoms with van der Waals surface area (Å²) < 4.78 is 1.99. The van der Waals surface area contributed by atoms with Crippen LogP contribution in [-0.4, -0.2) is 37.6 Å². The number of para-hydroxylation sites is 2. The van der Waals surface area contributed by atoms with E-state index < -0.39 is 0 Å². The predicted molar refractivity (Wildman–Crippen MR) is 121 cm³/mol. The highest BCUT2D eigenvalue weighted by atomic mass is 15.3. The van der Waals surface area contributed by atoms with Crippen LogP contribution in [0.15, 0.2) is 54.6 Å². The molecule has 0 unspecified atom stereocenters. The van der Waals surface area contributed by atoms with Crippen LogP contribution < -0.4 is 15.5 Å². The molecule has 8 heteroatoms. The van der Waals surface area contributed by atoms with Gasteiger partial charge in [0.15, 0.2) is 0 Å². The fourth-order valence-electron chi connectivity index (χ4n) is 3.28. The number of hydrogen-bond acceptors (Lipinski definition) is 7. The lowest BCUT2D eigenvalue weighted by atomic mass is 10.2. The fraction of sp³-hybridized carbons (Fsp3) is 0.273. The predicted octanol–water partition coefficient (Wildman–Crippen LogP) is 3.96. The van der Waals surface area contributed by atoms with E-state index in [1.165, 1.54) is 0 Å². The number of imidazole rings is 1. The molecule has 0 bridgehead atoms. The molecule has 154 valence electrons. The molecule has 0 fully saturated rings. The molecule has 0 radical (unpaired) electrons. The van der Waals surface area contributed by atoms with E-state index in [1.54, 1.807) is 0 Å². The summed E-state index contributed by atoms with van der Waals surface area (Å²) in [5.74, 6) is 2.30. The monoisotopic (exact) mass is 402 g/mol. The van der Waals surface area contributed by atoms with Gasteiger partial charge in [0.05, 0.1) is 11.0 Å². The molecule has 0 atom stereocenters. The molecular formula is C22H26N8. The molecule has 0 saturated heterocycles. The molecule has 0 aliphatic rings. The van der Waals surface area contributed by atoms with Crippen molar-refractivity contribution >= 4 is 34.8 Å². The first-order chi connectivity index (χ1) is 14.7. The zero-order valence-corrected chi connectivity index (χ0v) is 17.5. The summed E-state index contributed by atoms with van der Waals surface area (Å²) >= 11 is 0. The third kappa shape index (κ3) is 4.17. The zero-order valence-electron chi connectivity index (χ0n) is 17.5. The first kappa shape index (κ1) is 19.6. The third-order valence-electron chi connectivity index (χ3n) is 4.97. The van der Waals surface area contributed by atoms with Gasteiger partial charge < -0.3 is 14.8 Å². The molecular weight excluding hydrogens is 376 g/mol. The summed E-state index contributed by atoms with van der Waals surface area (Å²) in [5, 5.41) is 6.58. The van der Waals surface area contributed by atoms with Crippen LogP contribution in [0.2, 0.25) is 0 Å². The van der Waals surface area contributed by atoms with E-state index >= 15 is 0 Å². The Labute approximate surface area is 176 Å². The van der Waals surface area contributed by atoms with Crippen LogP contribution in [0, 0.1) is 0 Å². The summed E-state index contributed by atoms with van der Waals surface area (Å²) in [5.41, 5.74) is 3.12. The summed E-state index contributed by atoms with van der Waals surface area (Å²) in [4.78, 5) is 20.6. The van der Waals surface area contributed by atoms with Crippen LogP contribution in [0.25, 0.3) is 11.0 Å². The van der Waals surface area contributed by atoms with Crippen LogP contribution in [0.3, 0.4) is 0 Å². The Bertz CT molecular complexity index is 1120. The maximum absolute atomic E-state index is 4.66. The van der Waals surface area contributed by atoms with E-state index in [4.69, 9.17) is 0 Å². The van der Waals surface area contributed by atoms with Gasteiger partial charge in [0.2, 0.25) is 23.8 Å². The number of nitrogens with zero attached hydrogens (tertiary/aromatic N) is 6. The molecule has 2 aromatic carbocycles. The first-order valence-electron chi connectivity index (χ1n) is 10.1. The minimum absolute atomic E-state index is 0.459. The average molecular weight is 403 g/mol. The molecule has 4 rings (SSSR count). The minimum Gasteiger partial charge on any atom is -0.350 e. The molecule has 0 aliphatic carbocycles. The number of aryl methyl sites for hydroxylation is 1. The number of fused-ring (bicyclic) bond motifs is 1. The molecule has 0 saturated carbocycles. The van der Waals surface area contributed by atoms with Gasteiger partial charge >= 0.3 is 0 Å². The molecule has 8 nitrogen and oxygen atoms in total. The quantitative estimate of drug-likeness (QED) is 0.461. The van der Waals surface area contributed by atoms with E-state index in [0.29, 0.717) is 30.3 Å². The molecule has 0 spiro atoms. The van der Waals surface area contributed by atoms with Crippen molar-refractivity contribution < 1.29 is 0 Å². The second kappa shape index (κ2) is 8.77. The van der Waals surface area contributed by atoms with Gasteiger partial charge in [-0.3, -0.25) is 5.32 Å². The Balaban J connectivity index is 1.65. The molecule has 2 aromatic heterocycles. The third-order valence-corrected chi connectivity index (χ3v) is 4.97. The van der Waals surface area contributed by atoms with E-state index in [-0.39, 0.29) is 0 Å². The maximum atomic E-state index is 4.66. The van der Waals surface area contributed by atoms with Gasteiger partial charge in [-0.05, 0) is 31.5 Å². The van der Waals surface area contributed by atoms with E-state index in [1.807, 2.05) is 54.1 Å². The number of aromatic nitrogens is 5. The number of hydrogen-bond donors (Lipinski definition) is 2. The van der Waals surface area contributed by atoms with Crippen LogP contribution in [0.4, 0.5) is 23.8 Å². The van der Waals surface area contributed by atoms with Gasteiger partial charge in [-0.15, -0.1) is 0 Å². The van der Waals surface area contributed by atoms with Gasteiger partial charge in [-0.2, -0.15) is 15.0 Å². The minimum atomic E-state index is 0.459. The van der Waals surface area contributed by atoms with Crippen LogP contribution >= 0.6 is 0 Å². The lowest BCUT2D eigenvalue weighted by Crippen LogP contribution is -2.25. The van der Waals surface area contributed by atoms with Crippen molar-refractivity contribution in [3.05, 3.63) is 60.2 Å². The zero-order chi connectivity index (χ0) is 20.9. The second-order valence-corrected chi connectivity index (χ2v) is 6.90. The van der Waals surface area contributed by atoms with E-state index in [9.17, 15) is 0 Å². The molecule has 30 heavy (non-hydrogen) atoms. The van der Waals surface area contributed by atoms with Crippen LogP contribution in [-0.2, 0) is 13.6 Å². The Morgan fingerprint density at radius 3 is 2.27 bits per heavy atom. The van der Waals surface area contributed by atoms with E-state index in [2.05, 4.69) is 61.4 Å². The summed E-state index contributed by atoms with van der Waals surface area (Å²) in [7, 11) is 1.97. The second-order valence-electron chi connectivity index (χ2n) is 6.90. The first-order valence-corrected chi connectivity index (χ1v) is 10.1. The van der Waals surface area contributed by atoms with Gasteiger partial charge in [0.25, 0.3) is 0 Å². The van der Waals surface area contributed by atoms with Gasteiger partial charge in [0.1, 0.15) is 0 Å². The normalized spacial score (nSPS) is 10.9. The lowest BCUT2D eigenvalue weighted by Gasteiger charge is -2.19. The van der Waals surface area contributed by atoms with Crippen LogP contribution in [0.1, 0.15) is 19.4 Å². The van der Waals surface area contributed by atoms with E-state index in [0.717, 1.165) is 29.7 Å². The number of rotatable bonds is 8. The van der Waals surface area contributed by atoms with Crippen molar-refractivity contribution in [2.45, 2.75) is 20.4 Å². The average Bonchev–Trinajstić information content (AvgIpc) is 3.09. The highest BCUT2D eigenvalue weighted by Gasteiger charge is 2.14. The maximum Gasteiger partial charge on any atom is 0.236 e. The Morgan fingerprint density at radius 1 is 0.833 bits per heavy atom. The summed E-state index contributed by atoms with van der Waals surface area (Å²) in [6, 6.07) is 18.2. The molecule has 4 aromatic rings. The molecule has 2 N–H and O–H groups in total. The standard InChI is InChI=1S/C22H26N8/c1-4-30(5-2)22-26-19(23-15-16-11-7-6-8-12-16)25-20(28-22)27-21-24-17-13-9-10-14-18(17)29(21)3/h6-14H,4-5,15H2,1-3H3,(H2,23,24,25,26,27,28). The summed E-state index contributed by atoms with van der Waals surface area (Å²) in [6.45, 7) is 6.43. The number of nitrogens with one attached hydrogen (secondary N) is 2. The van der Waals surface area contributed by atoms with Gasteiger partial charge in [0, 0.05) is 26.7 Å². The topological polar surface area (TPSA) is 83.8 Å². The SMILES string of the molecule is CCN(CC)c1nc(NCc2ccccc2)nc(Nc2nc3ccccc3n2C)n1. The summed E-state index contributed by atoms with van der Waals surface area (Å²) in [6.07, 6.45) is 0. The van der Waals surface area contributed by atoms with Gasteiger partial charge in [-0.25, -0.2) is 4.98 Å². The van der Waals surface area contributed by atoms with Crippen molar-refractivity contribution in [3.63, 3.8) is 0 Å². The van der Waals surface area contributed by atoms with Crippen molar-refractivity contribution in [1.82, 2.24) is 24.5 Å². The smallest absolute Gasteiger partial charge is 0.236 e. The van der Waals surface area contributed by atoms with Crippen molar-refractivity contribution in [2.24, 2.45) is 7.05 Å². The Morgan fingerprint density at radius 2 is 1.53 bits per heavy atom. The highest BCUT2D eigenvalue weighted by Crippen LogP contribution is 2.21. The number of anilines is 4. The Hall–Kier alpha value is -3.68. The Kier molecular flexibility index (Phi) is 5.74. The lowest BCUT2D eigenvalue weighted by molar-refractivity contribution is 0.812. The van der Waals surface area contributed by atoms with Crippen LogP contribution in [0.5, 0.6) is 0 Å². The van der Waals surface area contributed by atoms with Gasteiger partial charge in [-0.1, -0.05) is 42.5 Å². The fourth-order valence-corrected chi connectivity index (χ4v) is 3.28. The molecule has 2 heterocycles. The van der Waals surface area contributed by atoms with Crippen molar-refractivity contribution in [1.29, 1.82) is 0 Å². The molecule has 0 aliphatic heterocycles. The molecule has 0 amide bonds. The highest BCUT2D eigenvalue weighted by molar-refractivity contribution is 5.79.